The van der Waals surface area contributed by atoms with Gasteiger partial charge in [0.25, 0.3) is 0 Å². The van der Waals surface area contributed by atoms with Crippen molar-refractivity contribution in [3.63, 3.8) is 0 Å². The van der Waals surface area contributed by atoms with E-state index in [1.165, 1.54) is 30.7 Å². The molecule has 1 N–H and O–H groups in total. The minimum Gasteiger partial charge on any atom is -0.497 e. The van der Waals surface area contributed by atoms with Gasteiger partial charge in [0.1, 0.15) is 17.2 Å². The molecule has 3 rings (SSSR count). The summed E-state index contributed by atoms with van der Waals surface area (Å²) in [5, 5.41) is 2.79. The minimum absolute atomic E-state index is 0.142. The van der Waals surface area contributed by atoms with Crippen molar-refractivity contribution in [1.29, 1.82) is 0 Å². The highest BCUT2D eigenvalue weighted by Crippen LogP contribution is 2.31. The normalized spacial score (nSPS) is 14.7. The number of nitrogens with one attached hydrogen (secondary N) is 1. The molecule has 0 atom stereocenters. The summed E-state index contributed by atoms with van der Waals surface area (Å²) >= 11 is 0. The molecule has 180 valence electrons. The summed E-state index contributed by atoms with van der Waals surface area (Å²) in [6.07, 6.45) is 4.40. The van der Waals surface area contributed by atoms with Crippen LogP contribution in [0.3, 0.4) is 0 Å². The van der Waals surface area contributed by atoms with E-state index in [0.29, 0.717) is 29.5 Å². The molecular weight excluding hydrogens is 444 g/mol. The van der Waals surface area contributed by atoms with E-state index < -0.39 is 15.9 Å². The van der Waals surface area contributed by atoms with Crippen molar-refractivity contribution in [3.05, 3.63) is 42.5 Å². The number of sulfonamides is 1. The number of anilines is 1. The molecule has 1 aliphatic carbocycles. The number of benzene rings is 2. The summed E-state index contributed by atoms with van der Waals surface area (Å²) < 4.78 is 44.5. The lowest BCUT2D eigenvalue weighted by molar-refractivity contribution is -0.116. The van der Waals surface area contributed by atoms with Gasteiger partial charge in [-0.25, -0.2) is 8.42 Å². The van der Waals surface area contributed by atoms with Crippen LogP contribution in [0.4, 0.5) is 5.69 Å². The first-order valence-corrected chi connectivity index (χ1v) is 12.6. The number of carbonyl (C=O) groups excluding carboxylic acids is 1. The number of ether oxygens (including phenoxy) is 3. The van der Waals surface area contributed by atoms with Gasteiger partial charge in [-0.2, -0.15) is 4.31 Å². The Morgan fingerprint density at radius 3 is 2.27 bits per heavy atom. The molecule has 0 heterocycles. The highest BCUT2D eigenvalue weighted by Gasteiger charge is 2.34. The molecule has 1 fully saturated rings. The zero-order valence-corrected chi connectivity index (χ0v) is 20.2. The molecule has 0 aromatic heterocycles. The van der Waals surface area contributed by atoms with Crippen LogP contribution in [-0.4, -0.2) is 52.0 Å². The third-order valence-electron chi connectivity index (χ3n) is 5.70. The monoisotopic (exact) mass is 476 g/mol. The third-order valence-corrected chi connectivity index (χ3v) is 7.62. The van der Waals surface area contributed by atoms with E-state index in [-0.39, 0.29) is 17.5 Å². The number of hydrogen-bond donors (Lipinski definition) is 1. The summed E-state index contributed by atoms with van der Waals surface area (Å²) in [5.41, 5.74) is 0.420. The van der Waals surface area contributed by atoms with Crippen LogP contribution in [0.2, 0.25) is 0 Å². The van der Waals surface area contributed by atoms with E-state index in [0.717, 1.165) is 32.1 Å². The van der Waals surface area contributed by atoms with E-state index in [4.69, 9.17) is 14.2 Å². The molecule has 2 aromatic carbocycles. The van der Waals surface area contributed by atoms with E-state index >= 15 is 0 Å². The number of methoxy groups -OCH3 is 2. The first kappa shape index (κ1) is 24.9. The van der Waals surface area contributed by atoms with Gasteiger partial charge in [-0.15, -0.1) is 0 Å². The molecule has 0 saturated heterocycles. The third kappa shape index (κ3) is 6.17. The molecule has 0 radical (unpaired) electrons. The van der Waals surface area contributed by atoms with E-state index in [9.17, 15) is 13.2 Å². The summed E-state index contributed by atoms with van der Waals surface area (Å²) in [7, 11) is -0.856. The molecule has 33 heavy (non-hydrogen) atoms. The summed E-state index contributed by atoms with van der Waals surface area (Å²) in [6, 6.07) is 11.1. The molecule has 8 nitrogen and oxygen atoms in total. The van der Waals surface area contributed by atoms with Crippen LogP contribution in [0.15, 0.2) is 47.4 Å². The van der Waals surface area contributed by atoms with Gasteiger partial charge >= 0.3 is 0 Å². The molecule has 0 aliphatic heterocycles. The van der Waals surface area contributed by atoms with Gasteiger partial charge in [-0.05, 0) is 56.2 Å². The van der Waals surface area contributed by atoms with Crippen LogP contribution in [0.1, 0.15) is 39.0 Å². The lowest BCUT2D eigenvalue weighted by atomic mass is 9.95. The average Bonchev–Trinajstić information content (AvgIpc) is 2.83. The second-order valence-electron chi connectivity index (χ2n) is 7.86. The second kappa shape index (κ2) is 11.4. The topological polar surface area (TPSA) is 94.2 Å². The Kier molecular flexibility index (Phi) is 8.57. The summed E-state index contributed by atoms with van der Waals surface area (Å²) in [6.45, 7) is 2.07. The molecule has 9 heteroatoms. The predicted octanol–water partition coefficient (Wildman–Crippen LogP) is 4.06. The number of carbonyl (C=O) groups is 1. The molecule has 0 spiro atoms. The zero-order valence-electron chi connectivity index (χ0n) is 19.4. The van der Waals surface area contributed by atoms with Crippen molar-refractivity contribution in [2.45, 2.75) is 50.0 Å². The smallest absolute Gasteiger partial charge is 0.243 e. The molecule has 0 unspecified atom stereocenters. The molecule has 1 saturated carbocycles. The van der Waals surface area contributed by atoms with Gasteiger partial charge in [0, 0.05) is 12.1 Å². The maximum absolute atomic E-state index is 13.6. The Morgan fingerprint density at radius 1 is 1.00 bits per heavy atom. The average molecular weight is 477 g/mol. The zero-order chi connectivity index (χ0) is 23.8. The maximum atomic E-state index is 13.6. The van der Waals surface area contributed by atoms with Crippen molar-refractivity contribution < 1.29 is 27.4 Å². The number of hydrogen-bond acceptors (Lipinski definition) is 6. The Hall–Kier alpha value is -2.78. The maximum Gasteiger partial charge on any atom is 0.243 e. The van der Waals surface area contributed by atoms with Crippen molar-refractivity contribution in [2.75, 3.05) is 32.7 Å². The molecule has 0 bridgehead atoms. The van der Waals surface area contributed by atoms with Gasteiger partial charge in [-0.1, -0.05) is 19.3 Å². The van der Waals surface area contributed by atoms with Crippen LogP contribution < -0.4 is 19.5 Å². The highest BCUT2D eigenvalue weighted by molar-refractivity contribution is 7.89. The summed E-state index contributed by atoms with van der Waals surface area (Å²) in [5.74, 6) is 1.17. The second-order valence-corrected chi connectivity index (χ2v) is 9.75. The van der Waals surface area contributed by atoms with Crippen LogP contribution in [0, 0.1) is 0 Å². The van der Waals surface area contributed by atoms with Gasteiger partial charge in [-0.3, -0.25) is 4.79 Å². The van der Waals surface area contributed by atoms with E-state index in [2.05, 4.69) is 5.32 Å². The summed E-state index contributed by atoms with van der Waals surface area (Å²) in [4.78, 5) is 13.2. The van der Waals surface area contributed by atoms with Crippen LogP contribution >= 0.6 is 0 Å². The van der Waals surface area contributed by atoms with Crippen molar-refractivity contribution in [1.82, 2.24) is 4.31 Å². The Bertz CT molecular complexity index is 1030. The van der Waals surface area contributed by atoms with Gasteiger partial charge in [0.15, 0.2) is 0 Å². The SMILES string of the molecule is CCOc1ccc(S(=O)(=O)N(CC(=O)Nc2cc(OC)ccc2OC)C2CCCCC2)cc1. The number of amides is 1. The first-order chi connectivity index (χ1) is 15.9. The van der Waals surface area contributed by atoms with Gasteiger partial charge in [0.2, 0.25) is 15.9 Å². The van der Waals surface area contributed by atoms with Crippen molar-refractivity contribution in [3.8, 4) is 17.2 Å². The lowest BCUT2D eigenvalue weighted by Gasteiger charge is -2.33. The van der Waals surface area contributed by atoms with Gasteiger partial charge < -0.3 is 19.5 Å². The van der Waals surface area contributed by atoms with Crippen molar-refractivity contribution >= 4 is 21.6 Å². The largest absolute Gasteiger partial charge is 0.497 e. The Balaban J connectivity index is 1.86. The first-order valence-electron chi connectivity index (χ1n) is 11.2. The predicted molar refractivity (Wildman–Crippen MR) is 127 cm³/mol. The molecular formula is C24H32N2O6S. The van der Waals surface area contributed by atoms with Gasteiger partial charge in [0.05, 0.1) is 38.0 Å². The number of rotatable bonds is 10. The minimum atomic E-state index is -3.89. The Morgan fingerprint density at radius 2 is 1.67 bits per heavy atom. The van der Waals surface area contributed by atoms with E-state index in [1.807, 2.05) is 6.92 Å². The fourth-order valence-corrected chi connectivity index (χ4v) is 5.67. The lowest BCUT2D eigenvalue weighted by Crippen LogP contribution is -2.45. The molecule has 1 aliphatic rings. The van der Waals surface area contributed by atoms with E-state index in [1.54, 1.807) is 30.3 Å². The number of nitrogens with zero attached hydrogens (tertiary/aromatic N) is 1. The molecule has 2 aromatic rings. The quantitative estimate of drug-likeness (QED) is 0.556. The highest BCUT2D eigenvalue weighted by atomic mass is 32.2. The standard InChI is InChI=1S/C24H32N2O6S/c1-4-32-19-10-13-21(14-11-19)33(28,29)26(18-8-6-5-7-9-18)17-24(27)25-22-16-20(30-2)12-15-23(22)31-3/h10-16,18H,4-9,17H2,1-3H3,(H,25,27). The Labute approximate surface area is 195 Å². The molecule has 1 amide bonds. The van der Waals surface area contributed by atoms with Crippen LogP contribution in [0.25, 0.3) is 0 Å². The van der Waals surface area contributed by atoms with Crippen LogP contribution in [0.5, 0.6) is 17.2 Å². The van der Waals surface area contributed by atoms with Crippen molar-refractivity contribution in [2.24, 2.45) is 0 Å². The fraction of sp³-hybridized carbons (Fsp3) is 0.458. The van der Waals surface area contributed by atoms with Crippen LogP contribution in [-0.2, 0) is 14.8 Å². The fourth-order valence-electron chi connectivity index (χ4n) is 4.03.